The number of nitrogens with one attached hydrogen (secondary N) is 2. The third-order valence-electron chi connectivity index (χ3n) is 4.06. The quantitative estimate of drug-likeness (QED) is 0.890. The molecule has 4 heteroatoms. The summed E-state index contributed by atoms with van der Waals surface area (Å²) in [4.78, 5) is 12.7. The number of carbonyl (C=O) groups excluding carboxylic acids is 1. The van der Waals surface area contributed by atoms with Crippen molar-refractivity contribution < 1.29 is 4.79 Å². The highest BCUT2D eigenvalue weighted by molar-refractivity contribution is 6.30. The van der Waals surface area contributed by atoms with Crippen molar-refractivity contribution in [2.24, 2.45) is 0 Å². The van der Waals surface area contributed by atoms with Crippen molar-refractivity contribution in [3.05, 3.63) is 76.4 Å². The molecule has 3 nitrogen and oxygen atoms in total. The lowest BCUT2D eigenvalue weighted by atomic mass is 9.96. The SMILES string of the molecule is CC[C@H](NC(=O)C1=CNCc2ccccc21)c1cccc(Cl)c1. The van der Waals surface area contributed by atoms with Crippen LogP contribution >= 0.6 is 11.6 Å². The highest BCUT2D eigenvalue weighted by Gasteiger charge is 2.21. The Morgan fingerprint density at radius 3 is 2.87 bits per heavy atom. The predicted molar refractivity (Wildman–Crippen MR) is 93.9 cm³/mol. The number of amides is 1. The molecule has 1 aliphatic heterocycles. The monoisotopic (exact) mass is 326 g/mol. The van der Waals surface area contributed by atoms with E-state index in [1.165, 1.54) is 0 Å². The number of benzene rings is 2. The summed E-state index contributed by atoms with van der Waals surface area (Å²) in [7, 11) is 0. The predicted octanol–water partition coefficient (Wildman–Crippen LogP) is 4.05. The van der Waals surface area contributed by atoms with Crippen LogP contribution in [0.5, 0.6) is 0 Å². The molecule has 0 aromatic heterocycles. The second-order valence-corrected chi connectivity index (χ2v) is 6.02. The molecule has 0 unspecified atom stereocenters. The summed E-state index contributed by atoms with van der Waals surface area (Å²) in [6, 6.07) is 15.5. The summed E-state index contributed by atoms with van der Waals surface area (Å²) >= 11 is 6.06. The van der Waals surface area contributed by atoms with E-state index in [0.29, 0.717) is 10.6 Å². The number of carbonyl (C=O) groups is 1. The zero-order valence-electron chi connectivity index (χ0n) is 13.0. The molecule has 1 heterocycles. The van der Waals surface area contributed by atoms with Gasteiger partial charge in [0.2, 0.25) is 0 Å². The fraction of sp³-hybridized carbons (Fsp3) is 0.211. The van der Waals surface area contributed by atoms with Crippen molar-refractivity contribution in [1.82, 2.24) is 10.6 Å². The van der Waals surface area contributed by atoms with E-state index in [4.69, 9.17) is 11.6 Å². The maximum atomic E-state index is 12.7. The van der Waals surface area contributed by atoms with Gasteiger partial charge in [-0.15, -0.1) is 0 Å². The minimum Gasteiger partial charge on any atom is -0.386 e. The van der Waals surface area contributed by atoms with Crippen LogP contribution in [0.4, 0.5) is 0 Å². The Labute approximate surface area is 141 Å². The van der Waals surface area contributed by atoms with Crippen molar-refractivity contribution in [2.45, 2.75) is 25.9 Å². The van der Waals surface area contributed by atoms with Crippen LogP contribution in [0.3, 0.4) is 0 Å². The molecule has 0 saturated heterocycles. The van der Waals surface area contributed by atoms with E-state index in [-0.39, 0.29) is 11.9 Å². The average molecular weight is 327 g/mol. The van der Waals surface area contributed by atoms with Gasteiger partial charge >= 0.3 is 0 Å². The molecule has 2 aromatic carbocycles. The first-order valence-electron chi connectivity index (χ1n) is 7.77. The maximum absolute atomic E-state index is 12.7. The molecule has 0 radical (unpaired) electrons. The van der Waals surface area contributed by atoms with Crippen LogP contribution in [0.2, 0.25) is 5.02 Å². The summed E-state index contributed by atoms with van der Waals surface area (Å²) < 4.78 is 0. The lowest BCUT2D eigenvalue weighted by Crippen LogP contribution is -2.31. The van der Waals surface area contributed by atoms with E-state index in [1.54, 1.807) is 6.20 Å². The van der Waals surface area contributed by atoms with Gasteiger partial charge in [-0.3, -0.25) is 4.79 Å². The Bertz CT molecular complexity index is 755. The minimum absolute atomic E-state index is 0.0591. The minimum atomic E-state index is -0.0727. The van der Waals surface area contributed by atoms with Crippen LogP contribution < -0.4 is 10.6 Å². The van der Waals surface area contributed by atoms with Gasteiger partial charge in [-0.1, -0.05) is 54.9 Å². The summed E-state index contributed by atoms with van der Waals surface area (Å²) in [5.74, 6) is -0.0727. The first-order chi connectivity index (χ1) is 11.2. The fourth-order valence-corrected chi connectivity index (χ4v) is 3.05. The highest BCUT2D eigenvalue weighted by Crippen LogP contribution is 2.25. The number of hydrogen-bond donors (Lipinski definition) is 2. The molecular formula is C19H19ClN2O. The van der Waals surface area contributed by atoms with E-state index < -0.39 is 0 Å². The van der Waals surface area contributed by atoms with Crippen LogP contribution in [0.25, 0.3) is 5.57 Å². The van der Waals surface area contributed by atoms with Gasteiger partial charge in [0.15, 0.2) is 0 Å². The van der Waals surface area contributed by atoms with E-state index in [2.05, 4.69) is 10.6 Å². The molecule has 1 amide bonds. The van der Waals surface area contributed by atoms with Gasteiger partial charge in [-0.2, -0.15) is 0 Å². The first kappa shape index (κ1) is 15.6. The molecule has 23 heavy (non-hydrogen) atoms. The zero-order chi connectivity index (χ0) is 16.2. The van der Waals surface area contributed by atoms with Crippen LogP contribution in [0.1, 0.15) is 36.1 Å². The van der Waals surface area contributed by atoms with Crippen LogP contribution in [-0.4, -0.2) is 5.91 Å². The van der Waals surface area contributed by atoms with Gasteiger partial charge < -0.3 is 10.6 Å². The van der Waals surface area contributed by atoms with Gasteiger partial charge in [0.25, 0.3) is 5.91 Å². The van der Waals surface area contributed by atoms with Gasteiger partial charge in [0.1, 0.15) is 0 Å². The van der Waals surface area contributed by atoms with E-state index in [1.807, 2.05) is 55.5 Å². The molecular weight excluding hydrogens is 308 g/mol. The molecule has 0 spiro atoms. The van der Waals surface area contributed by atoms with Gasteiger partial charge in [-0.25, -0.2) is 0 Å². The van der Waals surface area contributed by atoms with E-state index in [0.717, 1.165) is 29.7 Å². The van der Waals surface area contributed by atoms with E-state index >= 15 is 0 Å². The zero-order valence-corrected chi connectivity index (χ0v) is 13.7. The summed E-state index contributed by atoms with van der Waals surface area (Å²) in [5, 5.41) is 6.96. The van der Waals surface area contributed by atoms with Gasteiger partial charge in [-0.05, 0) is 35.2 Å². The molecule has 3 rings (SSSR count). The molecule has 2 N–H and O–H groups in total. The second-order valence-electron chi connectivity index (χ2n) is 5.59. The molecule has 118 valence electrons. The van der Waals surface area contributed by atoms with Crippen molar-refractivity contribution >= 4 is 23.1 Å². The third kappa shape index (κ3) is 3.40. The topological polar surface area (TPSA) is 41.1 Å². The molecule has 0 aliphatic carbocycles. The molecule has 1 aliphatic rings. The smallest absolute Gasteiger partial charge is 0.253 e. The van der Waals surface area contributed by atoms with Gasteiger partial charge in [0, 0.05) is 17.8 Å². The van der Waals surface area contributed by atoms with Crippen molar-refractivity contribution in [1.29, 1.82) is 0 Å². The Kier molecular flexibility index (Phi) is 4.68. The van der Waals surface area contributed by atoms with Crippen LogP contribution in [0.15, 0.2) is 54.7 Å². The number of hydrogen-bond acceptors (Lipinski definition) is 2. The van der Waals surface area contributed by atoms with E-state index in [9.17, 15) is 4.79 Å². The Hall–Kier alpha value is -2.26. The largest absolute Gasteiger partial charge is 0.386 e. The average Bonchev–Trinajstić information content (AvgIpc) is 2.59. The molecule has 1 atom stereocenters. The van der Waals surface area contributed by atoms with Crippen molar-refractivity contribution in [3.63, 3.8) is 0 Å². The lowest BCUT2D eigenvalue weighted by Gasteiger charge is -2.22. The number of rotatable bonds is 4. The normalized spacial score (nSPS) is 14.3. The second kappa shape index (κ2) is 6.88. The molecule has 0 fully saturated rings. The highest BCUT2D eigenvalue weighted by atomic mass is 35.5. The van der Waals surface area contributed by atoms with Crippen LogP contribution in [-0.2, 0) is 11.3 Å². The standard InChI is InChI=1S/C19H19ClN2O/c1-2-18(13-7-5-8-15(20)10-13)22-19(23)17-12-21-11-14-6-3-4-9-16(14)17/h3-10,12,18,21H,2,11H2,1H3,(H,22,23)/t18-/m0/s1. The van der Waals surface area contributed by atoms with Gasteiger partial charge in [0.05, 0.1) is 11.6 Å². The Morgan fingerprint density at radius 2 is 2.09 bits per heavy atom. The summed E-state index contributed by atoms with van der Waals surface area (Å²) in [6.07, 6.45) is 2.59. The lowest BCUT2D eigenvalue weighted by molar-refractivity contribution is -0.116. The van der Waals surface area contributed by atoms with Crippen LogP contribution in [0, 0.1) is 0 Å². The number of halogens is 1. The first-order valence-corrected chi connectivity index (χ1v) is 8.15. The summed E-state index contributed by atoms with van der Waals surface area (Å²) in [5.41, 5.74) is 3.82. The third-order valence-corrected chi connectivity index (χ3v) is 4.29. The summed E-state index contributed by atoms with van der Waals surface area (Å²) in [6.45, 7) is 2.80. The fourth-order valence-electron chi connectivity index (χ4n) is 2.85. The Morgan fingerprint density at radius 1 is 1.26 bits per heavy atom. The van der Waals surface area contributed by atoms with Crippen molar-refractivity contribution in [3.8, 4) is 0 Å². The van der Waals surface area contributed by atoms with Crippen molar-refractivity contribution in [2.75, 3.05) is 0 Å². The maximum Gasteiger partial charge on any atom is 0.253 e. The Balaban J connectivity index is 1.82. The molecule has 0 saturated carbocycles. The number of fused-ring (bicyclic) bond motifs is 1. The molecule has 0 bridgehead atoms. The molecule has 2 aromatic rings.